The second-order valence-corrected chi connectivity index (χ2v) is 4.28. The molecule has 0 aliphatic heterocycles. The molecule has 0 aliphatic carbocycles. The largest absolute Gasteiger partial charge is 0.361 e. The molecule has 0 saturated heterocycles. The minimum atomic E-state index is -0.200. The first-order chi connectivity index (χ1) is 8.31. The average Bonchev–Trinajstić information content (AvgIpc) is 2.38. The number of benzene rings is 1. The van der Waals surface area contributed by atoms with Crippen LogP contribution in [0.5, 0.6) is 0 Å². The number of rotatable bonds is 4. The summed E-state index contributed by atoms with van der Waals surface area (Å²) in [7, 11) is 0. The lowest BCUT2D eigenvalue weighted by atomic mass is 10.2. The van der Waals surface area contributed by atoms with Crippen molar-refractivity contribution in [2.75, 3.05) is 11.6 Å². The van der Waals surface area contributed by atoms with Gasteiger partial charge in [0.1, 0.15) is 0 Å². The molecule has 1 heterocycles. The van der Waals surface area contributed by atoms with Crippen molar-refractivity contribution in [3.8, 4) is 0 Å². The quantitative estimate of drug-likeness (QED) is 0.812. The van der Waals surface area contributed by atoms with Crippen LogP contribution in [0.2, 0.25) is 0 Å². The molecule has 88 valence electrons. The molecule has 1 aromatic carbocycles. The normalized spacial score (nSPS) is 10.2. The highest BCUT2D eigenvalue weighted by atomic mass is 32.2. The topological polar surface area (TPSA) is 57.8 Å². The van der Waals surface area contributed by atoms with E-state index in [1.54, 1.807) is 18.0 Å². The summed E-state index contributed by atoms with van der Waals surface area (Å²) in [6.07, 6.45) is 5.11. The van der Waals surface area contributed by atoms with Gasteiger partial charge in [-0.2, -0.15) is 0 Å². The second-order valence-electron chi connectivity index (χ2n) is 3.43. The van der Waals surface area contributed by atoms with Gasteiger partial charge in [0, 0.05) is 23.8 Å². The van der Waals surface area contributed by atoms with E-state index in [-0.39, 0.29) is 5.56 Å². The molecule has 1 aromatic heterocycles. The Kier molecular flexibility index (Phi) is 3.82. The molecule has 0 unspecified atom stereocenters. The van der Waals surface area contributed by atoms with Crippen LogP contribution in [0.4, 0.5) is 5.82 Å². The summed E-state index contributed by atoms with van der Waals surface area (Å²) in [6, 6.07) is 8.09. The second kappa shape index (κ2) is 5.54. The van der Waals surface area contributed by atoms with Crippen molar-refractivity contribution < 1.29 is 0 Å². The Labute approximate surface area is 103 Å². The summed E-state index contributed by atoms with van der Waals surface area (Å²) >= 11 is 1.69. The van der Waals surface area contributed by atoms with Crippen molar-refractivity contribution in [2.45, 2.75) is 11.4 Å². The van der Waals surface area contributed by atoms with Crippen LogP contribution in [0.25, 0.3) is 0 Å². The fraction of sp³-hybridized carbons (Fsp3) is 0.167. The number of nitrogens with zero attached hydrogens (tertiary/aromatic N) is 1. The number of hydrogen-bond acceptors (Lipinski definition) is 4. The van der Waals surface area contributed by atoms with Gasteiger partial charge in [0.15, 0.2) is 5.82 Å². The fourth-order valence-corrected chi connectivity index (χ4v) is 2.12. The summed E-state index contributed by atoms with van der Waals surface area (Å²) in [4.78, 5) is 19.2. The molecule has 2 aromatic rings. The van der Waals surface area contributed by atoms with Crippen molar-refractivity contribution in [3.63, 3.8) is 0 Å². The number of anilines is 1. The number of aromatic nitrogens is 2. The van der Waals surface area contributed by atoms with E-state index in [9.17, 15) is 4.79 Å². The zero-order chi connectivity index (χ0) is 12.1. The van der Waals surface area contributed by atoms with Crippen LogP contribution in [0.15, 0.2) is 46.3 Å². The molecule has 0 bridgehead atoms. The Morgan fingerprint density at radius 3 is 3.00 bits per heavy atom. The Hall–Kier alpha value is -1.75. The van der Waals surface area contributed by atoms with E-state index in [2.05, 4.69) is 21.4 Å². The molecule has 17 heavy (non-hydrogen) atoms. The van der Waals surface area contributed by atoms with E-state index in [0.29, 0.717) is 12.4 Å². The molecule has 0 amide bonds. The van der Waals surface area contributed by atoms with Crippen molar-refractivity contribution in [2.24, 2.45) is 0 Å². The van der Waals surface area contributed by atoms with Crippen molar-refractivity contribution in [1.82, 2.24) is 9.97 Å². The standard InChI is InChI=1S/C12H13N3OS/c1-17-10-5-3-2-4-9(10)8-15-11-12(16)14-7-6-13-11/h2-7H,8H2,1H3,(H,13,15)(H,14,16). The molecule has 2 N–H and O–H groups in total. The molecule has 0 saturated carbocycles. The number of nitrogens with one attached hydrogen (secondary N) is 2. The van der Waals surface area contributed by atoms with E-state index in [1.807, 2.05) is 24.5 Å². The predicted molar refractivity (Wildman–Crippen MR) is 70.4 cm³/mol. The van der Waals surface area contributed by atoms with Crippen LogP contribution < -0.4 is 10.9 Å². The van der Waals surface area contributed by atoms with Crippen LogP contribution in [-0.4, -0.2) is 16.2 Å². The lowest BCUT2D eigenvalue weighted by Crippen LogP contribution is -2.15. The maximum atomic E-state index is 11.4. The number of H-pyrrole nitrogens is 1. The molecule has 0 aliphatic rings. The van der Waals surface area contributed by atoms with Gasteiger partial charge in [0.05, 0.1) is 0 Å². The third-order valence-corrected chi connectivity index (χ3v) is 3.18. The van der Waals surface area contributed by atoms with Crippen LogP contribution in [0, 0.1) is 0 Å². The monoisotopic (exact) mass is 247 g/mol. The van der Waals surface area contributed by atoms with Gasteiger partial charge in [0.2, 0.25) is 0 Å². The van der Waals surface area contributed by atoms with Crippen LogP contribution >= 0.6 is 11.8 Å². The highest BCUT2D eigenvalue weighted by Crippen LogP contribution is 2.20. The van der Waals surface area contributed by atoms with Gasteiger partial charge in [-0.25, -0.2) is 4.98 Å². The van der Waals surface area contributed by atoms with Crippen LogP contribution in [0.1, 0.15) is 5.56 Å². The van der Waals surface area contributed by atoms with E-state index in [1.165, 1.54) is 11.1 Å². The summed E-state index contributed by atoms with van der Waals surface area (Å²) in [5.41, 5.74) is 0.958. The van der Waals surface area contributed by atoms with Gasteiger partial charge in [-0.05, 0) is 17.9 Å². The molecule has 0 radical (unpaired) electrons. The van der Waals surface area contributed by atoms with Gasteiger partial charge >= 0.3 is 0 Å². The average molecular weight is 247 g/mol. The number of hydrogen-bond donors (Lipinski definition) is 2. The summed E-state index contributed by atoms with van der Waals surface area (Å²) in [6.45, 7) is 0.594. The van der Waals surface area contributed by atoms with Gasteiger partial charge < -0.3 is 10.3 Å². The number of thioether (sulfide) groups is 1. The van der Waals surface area contributed by atoms with Crippen molar-refractivity contribution >= 4 is 17.6 Å². The fourth-order valence-electron chi connectivity index (χ4n) is 1.51. The lowest BCUT2D eigenvalue weighted by Gasteiger charge is -2.08. The maximum Gasteiger partial charge on any atom is 0.290 e. The van der Waals surface area contributed by atoms with Crippen LogP contribution in [-0.2, 0) is 6.54 Å². The van der Waals surface area contributed by atoms with E-state index >= 15 is 0 Å². The highest BCUT2D eigenvalue weighted by Gasteiger charge is 2.02. The Morgan fingerprint density at radius 2 is 2.24 bits per heavy atom. The molecule has 0 spiro atoms. The molecule has 4 nitrogen and oxygen atoms in total. The molecule has 2 rings (SSSR count). The SMILES string of the molecule is CSc1ccccc1CNc1ncc[nH]c1=O. The van der Waals surface area contributed by atoms with E-state index < -0.39 is 0 Å². The maximum absolute atomic E-state index is 11.4. The molecular weight excluding hydrogens is 234 g/mol. The minimum Gasteiger partial charge on any atom is -0.361 e. The van der Waals surface area contributed by atoms with E-state index in [0.717, 1.165) is 5.56 Å². The number of aromatic amines is 1. The lowest BCUT2D eigenvalue weighted by molar-refractivity contribution is 1.04. The predicted octanol–water partition coefficient (Wildman–Crippen LogP) is 2.10. The molecule has 5 heteroatoms. The molecule has 0 atom stereocenters. The van der Waals surface area contributed by atoms with Gasteiger partial charge in [-0.1, -0.05) is 18.2 Å². The van der Waals surface area contributed by atoms with Crippen molar-refractivity contribution in [3.05, 3.63) is 52.6 Å². The van der Waals surface area contributed by atoms with Gasteiger partial charge in [-0.3, -0.25) is 4.79 Å². The zero-order valence-electron chi connectivity index (χ0n) is 9.43. The molecule has 0 fully saturated rings. The zero-order valence-corrected chi connectivity index (χ0v) is 10.3. The van der Waals surface area contributed by atoms with Crippen LogP contribution in [0.3, 0.4) is 0 Å². The van der Waals surface area contributed by atoms with Crippen molar-refractivity contribution in [1.29, 1.82) is 0 Å². The van der Waals surface area contributed by atoms with Gasteiger partial charge in [-0.15, -0.1) is 11.8 Å². The van der Waals surface area contributed by atoms with E-state index in [4.69, 9.17) is 0 Å². The first-order valence-corrected chi connectivity index (χ1v) is 6.43. The smallest absolute Gasteiger partial charge is 0.290 e. The summed E-state index contributed by atoms with van der Waals surface area (Å²) < 4.78 is 0. The molecular formula is C12H13N3OS. The third kappa shape index (κ3) is 2.88. The first kappa shape index (κ1) is 11.7. The Bertz CT molecular complexity index is 553. The third-order valence-electron chi connectivity index (χ3n) is 2.35. The summed E-state index contributed by atoms with van der Waals surface area (Å²) in [5.74, 6) is 0.350. The van der Waals surface area contributed by atoms with Gasteiger partial charge in [0.25, 0.3) is 5.56 Å². The highest BCUT2D eigenvalue weighted by molar-refractivity contribution is 7.98. The summed E-state index contributed by atoms with van der Waals surface area (Å²) in [5, 5.41) is 3.04. The first-order valence-electron chi connectivity index (χ1n) is 5.20. The minimum absolute atomic E-state index is 0.200. The Balaban J connectivity index is 2.13. The Morgan fingerprint density at radius 1 is 1.41 bits per heavy atom.